The normalized spacial score (nSPS) is 17.5. The number of halogens is 1. The second-order valence-electron chi connectivity index (χ2n) is 8.14. The van der Waals surface area contributed by atoms with Crippen molar-refractivity contribution in [3.05, 3.63) is 29.3 Å². The number of nitrogens with one attached hydrogen (secondary N) is 1. The minimum atomic E-state index is 0. The Morgan fingerprint density at radius 2 is 1.81 bits per heavy atom. The van der Waals surface area contributed by atoms with Crippen LogP contribution in [0.2, 0.25) is 0 Å². The van der Waals surface area contributed by atoms with Crippen molar-refractivity contribution in [2.45, 2.75) is 33.1 Å². The van der Waals surface area contributed by atoms with E-state index in [0.717, 1.165) is 88.9 Å². The number of amides is 1. The molecule has 0 aromatic heterocycles. The van der Waals surface area contributed by atoms with Gasteiger partial charge in [0, 0.05) is 52.4 Å². The van der Waals surface area contributed by atoms with E-state index in [1.807, 2.05) is 4.90 Å². The highest BCUT2D eigenvalue weighted by atomic mass is 127. The van der Waals surface area contributed by atoms with Gasteiger partial charge >= 0.3 is 0 Å². The first kappa shape index (κ1) is 25.7. The number of benzene rings is 1. The Kier molecular flexibility index (Phi) is 10.9. The molecule has 1 aromatic carbocycles. The number of carbonyl (C=O) groups excluding carboxylic acids is 1. The Morgan fingerprint density at radius 3 is 2.45 bits per heavy atom. The lowest BCUT2D eigenvalue weighted by molar-refractivity contribution is -0.131. The predicted octanol–water partition coefficient (Wildman–Crippen LogP) is 2.37. The Bertz CT molecular complexity index is 729. The molecule has 0 spiro atoms. The van der Waals surface area contributed by atoms with Crippen molar-refractivity contribution in [3.63, 3.8) is 0 Å². The first-order valence-electron chi connectivity index (χ1n) is 11.3. The average molecular weight is 543 g/mol. The minimum Gasteiger partial charge on any atom is -0.496 e. The Labute approximate surface area is 204 Å². The van der Waals surface area contributed by atoms with Crippen LogP contribution in [0.15, 0.2) is 23.2 Å². The highest BCUT2D eigenvalue weighted by molar-refractivity contribution is 14.0. The summed E-state index contributed by atoms with van der Waals surface area (Å²) < 4.78 is 5.43. The van der Waals surface area contributed by atoms with Gasteiger partial charge in [-0.25, -0.2) is 0 Å². The summed E-state index contributed by atoms with van der Waals surface area (Å²) in [5, 5.41) is 3.43. The topological polar surface area (TPSA) is 60.4 Å². The van der Waals surface area contributed by atoms with E-state index in [1.165, 1.54) is 5.56 Å². The number of guanidine groups is 1. The van der Waals surface area contributed by atoms with Crippen LogP contribution in [-0.4, -0.2) is 92.6 Å². The van der Waals surface area contributed by atoms with Crippen LogP contribution in [0.1, 0.15) is 30.9 Å². The summed E-state index contributed by atoms with van der Waals surface area (Å²) in [5.41, 5.74) is 2.39. The maximum absolute atomic E-state index is 12.4. The number of carbonyl (C=O) groups is 1. The number of ether oxygens (including phenoxy) is 1. The molecule has 0 bridgehead atoms. The molecular formula is C23H38IN5O2. The molecule has 0 radical (unpaired) electrons. The van der Waals surface area contributed by atoms with E-state index in [1.54, 1.807) is 7.11 Å². The first-order valence-corrected chi connectivity index (χ1v) is 11.3. The molecule has 0 aliphatic carbocycles. The SMILES string of the molecule is CCNC(=NCCc1ccc(C)c(OC)c1)N1CCN(CC(=O)N2CCCC2)CC1.I. The monoisotopic (exact) mass is 543 g/mol. The van der Waals surface area contributed by atoms with Crippen LogP contribution in [0.5, 0.6) is 5.75 Å². The van der Waals surface area contributed by atoms with Crippen molar-refractivity contribution in [2.24, 2.45) is 4.99 Å². The zero-order valence-corrected chi connectivity index (χ0v) is 21.6. The lowest BCUT2D eigenvalue weighted by atomic mass is 10.1. The molecule has 0 atom stereocenters. The molecule has 3 rings (SSSR count). The fourth-order valence-corrected chi connectivity index (χ4v) is 4.11. The highest BCUT2D eigenvalue weighted by Crippen LogP contribution is 2.19. The van der Waals surface area contributed by atoms with Gasteiger partial charge in [0.1, 0.15) is 5.75 Å². The second-order valence-corrected chi connectivity index (χ2v) is 8.14. The van der Waals surface area contributed by atoms with Crippen molar-refractivity contribution in [1.29, 1.82) is 0 Å². The second kappa shape index (κ2) is 13.1. The first-order chi connectivity index (χ1) is 14.6. The van der Waals surface area contributed by atoms with Gasteiger partial charge in [0.05, 0.1) is 13.7 Å². The molecule has 0 saturated carbocycles. The van der Waals surface area contributed by atoms with Crippen LogP contribution in [0.3, 0.4) is 0 Å². The van der Waals surface area contributed by atoms with Crippen molar-refractivity contribution < 1.29 is 9.53 Å². The summed E-state index contributed by atoms with van der Waals surface area (Å²) in [5.74, 6) is 2.19. The summed E-state index contributed by atoms with van der Waals surface area (Å²) in [6.07, 6.45) is 3.19. The number of nitrogens with zero attached hydrogens (tertiary/aromatic N) is 4. The van der Waals surface area contributed by atoms with Crippen molar-refractivity contribution in [1.82, 2.24) is 20.0 Å². The van der Waals surface area contributed by atoms with E-state index in [4.69, 9.17) is 9.73 Å². The van der Waals surface area contributed by atoms with Crippen LogP contribution in [0.25, 0.3) is 0 Å². The molecule has 2 aliphatic rings. The molecule has 1 N–H and O–H groups in total. The smallest absolute Gasteiger partial charge is 0.236 e. The highest BCUT2D eigenvalue weighted by Gasteiger charge is 2.24. The van der Waals surface area contributed by atoms with E-state index in [-0.39, 0.29) is 29.9 Å². The molecule has 8 heteroatoms. The van der Waals surface area contributed by atoms with Crippen LogP contribution < -0.4 is 10.1 Å². The summed E-state index contributed by atoms with van der Waals surface area (Å²) in [6.45, 7) is 11.8. The van der Waals surface area contributed by atoms with Crippen LogP contribution in [0, 0.1) is 6.92 Å². The van der Waals surface area contributed by atoms with Gasteiger partial charge in [-0.1, -0.05) is 12.1 Å². The molecule has 31 heavy (non-hydrogen) atoms. The number of methoxy groups -OCH3 is 1. The Balaban J connectivity index is 0.00000341. The van der Waals surface area contributed by atoms with Crippen molar-refractivity contribution >= 4 is 35.8 Å². The van der Waals surface area contributed by atoms with E-state index >= 15 is 0 Å². The number of aryl methyl sites for hydroxylation is 1. The minimum absolute atomic E-state index is 0. The fraction of sp³-hybridized carbons (Fsp3) is 0.652. The Hall–Kier alpha value is -1.55. The summed E-state index contributed by atoms with van der Waals surface area (Å²) >= 11 is 0. The van der Waals surface area contributed by atoms with Gasteiger partial charge in [-0.3, -0.25) is 14.7 Å². The third-order valence-electron chi connectivity index (χ3n) is 5.96. The van der Waals surface area contributed by atoms with Gasteiger partial charge in [0.15, 0.2) is 5.96 Å². The molecule has 2 aliphatic heterocycles. The summed E-state index contributed by atoms with van der Waals surface area (Å²) in [4.78, 5) is 23.9. The Morgan fingerprint density at radius 1 is 1.10 bits per heavy atom. The van der Waals surface area contributed by atoms with E-state index < -0.39 is 0 Å². The standard InChI is InChI=1S/C23H37N5O2.HI/c1-4-24-23(25-10-9-20-8-7-19(2)21(17-20)30-3)28-15-13-26(14-16-28)18-22(29)27-11-5-6-12-27;/h7-8,17H,4-6,9-16,18H2,1-3H3,(H,24,25);1H. The predicted molar refractivity (Wildman–Crippen MR) is 137 cm³/mol. The molecule has 1 aromatic rings. The summed E-state index contributed by atoms with van der Waals surface area (Å²) in [7, 11) is 1.71. The molecule has 174 valence electrons. The number of piperazine rings is 1. The van der Waals surface area contributed by atoms with Gasteiger partial charge in [-0.15, -0.1) is 24.0 Å². The number of aliphatic imine (C=N–C) groups is 1. The van der Waals surface area contributed by atoms with E-state index in [0.29, 0.717) is 6.54 Å². The molecule has 2 fully saturated rings. The molecule has 1 amide bonds. The van der Waals surface area contributed by atoms with Crippen molar-refractivity contribution in [2.75, 3.05) is 66.0 Å². The maximum Gasteiger partial charge on any atom is 0.236 e. The third-order valence-corrected chi connectivity index (χ3v) is 5.96. The molecule has 2 saturated heterocycles. The van der Waals surface area contributed by atoms with Crippen LogP contribution in [-0.2, 0) is 11.2 Å². The van der Waals surface area contributed by atoms with Gasteiger partial charge in [-0.2, -0.15) is 0 Å². The number of rotatable bonds is 7. The molecular weight excluding hydrogens is 505 g/mol. The number of hydrogen-bond acceptors (Lipinski definition) is 4. The zero-order valence-electron chi connectivity index (χ0n) is 19.2. The average Bonchev–Trinajstić information content (AvgIpc) is 3.30. The van der Waals surface area contributed by atoms with Gasteiger partial charge in [0.25, 0.3) is 0 Å². The quantitative estimate of drug-likeness (QED) is 0.325. The zero-order chi connectivity index (χ0) is 21.3. The number of hydrogen-bond donors (Lipinski definition) is 1. The third kappa shape index (κ3) is 7.52. The summed E-state index contributed by atoms with van der Waals surface area (Å²) in [6, 6.07) is 6.36. The van der Waals surface area contributed by atoms with Crippen LogP contribution >= 0.6 is 24.0 Å². The lowest BCUT2D eigenvalue weighted by Gasteiger charge is -2.36. The van der Waals surface area contributed by atoms with Gasteiger partial charge in [-0.05, 0) is 50.3 Å². The van der Waals surface area contributed by atoms with Crippen molar-refractivity contribution in [3.8, 4) is 5.75 Å². The maximum atomic E-state index is 12.4. The van der Waals surface area contributed by atoms with Crippen LogP contribution in [0.4, 0.5) is 0 Å². The molecule has 0 unspecified atom stereocenters. The molecule has 7 nitrogen and oxygen atoms in total. The lowest BCUT2D eigenvalue weighted by Crippen LogP contribution is -2.54. The molecule has 2 heterocycles. The largest absolute Gasteiger partial charge is 0.496 e. The van der Waals surface area contributed by atoms with Gasteiger partial charge < -0.3 is 19.9 Å². The van der Waals surface area contributed by atoms with E-state index in [2.05, 4.69) is 47.2 Å². The van der Waals surface area contributed by atoms with Gasteiger partial charge in [0.2, 0.25) is 5.91 Å². The number of likely N-dealkylation sites (tertiary alicyclic amines) is 1. The fourth-order valence-electron chi connectivity index (χ4n) is 4.11. The van der Waals surface area contributed by atoms with E-state index in [9.17, 15) is 4.79 Å².